The Labute approximate surface area is 166 Å². The van der Waals surface area contributed by atoms with Crippen molar-refractivity contribution in [3.05, 3.63) is 65.2 Å². The third-order valence-corrected chi connectivity index (χ3v) is 4.66. The molecule has 0 spiro atoms. The summed E-state index contributed by atoms with van der Waals surface area (Å²) in [5, 5.41) is 2.95. The molecule has 1 N–H and O–H groups in total. The number of nitrogens with one attached hydrogen (secondary N) is 1. The Morgan fingerprint density at radius 1 is 1.11 bits per heavy atom. The Balaban J connectivity index is 1.45. The van der Waals surface area contributed by atoms with Gasteiger partial charge in [0.25, 0.3) is 5.91 Å². The molecule has 0 saturated carbocycles. The molecule has 2 aromatic carbocycles. The van der Waals surface area contributed by atoms with Crippen molar-refractivity contribution in [1.82, 2.24) is 10.2 Å². The molecule has 0 atom stereocenters. The molecule has 28 heavy (non-hydrogen) atoms. The number of ether oxygens (including phenoxy) is 3. The highest BCUT2D eigenvalue weighted by atomic mass is 16.5. The van der Waals surface area contributed by atoms with E-state index in [1.165, 1.54) is 0 Å². The first kappa shape index (κ1) is 20.3. The van der Waals surface area contributed by atoms with E-state index in [4.69, 9.17) is 14.2 Å². The monoisotopic (exact) mass is 384 g/mol. The number of benzene rings is 2. The van der Waals surface area contributed by atoms with E-state index in [-0.39, 0.29) is 5.91 Å². The average molecular weight is 384 g/mol. The zero-order valence-corrected chi connectivity index (χ0v) is 16.4. The normalized spacial score (nSPS) is 14.6. The molecule has 1 heterocycles. The molecule has 0 aromatic heterocycles. The quantitative estimate of drug-likeness (QED) is 0.720. The molecule has 1 fully saturated rings. The molecule has 2 aromatic rings. The van der Waals surface area contributed by atoms with Gasteiger partial charge in [-0.25, -0.2) is 0 Å². The molecule has 1 aliphatic rings. The van der Waals surface area contributed by atoms with Gasteiger partial charge in [0.1, 0.15) is 12.4 Å². The van der Waals surface area contributed by atoms with Gasteiger partial charge in [-0.3, -0.25) is 9.69 Å². The zero-order chi connectivity index (χ0) is 19.6. The van der Waals surface area contributed by atoms with E-state index in [1.54, 1.807) is 7.11 Å². The molecular formula is C22H28N2O4. The summed E-state index contributed by atoms with van der Waals surface area (Å²) in [5.74, 6) is 0.728. The van der Waals surface area contributed by atoms with Crippen LogP contribution >= 0.6 is 0 Å². The number of carbonyl (C=O) groups excluding carboxylic acids is 1. The second-order valence-corrected chi connectivity index (χ2v) is 6.76. The van der Waals surface area contributed by atoms with Gasteiger partial charge >= 0.3 is 0 Å². The smallest absolute Gasteiger partial charge is 0.251 e. The Morgan fingerprint density at radius 2 is 1.89 bits per heavy atom. The summed E-state index contributed by atoms with van der Waals surface area (Å²) >= 11 is 0. The summed E-state index contributed by atoms with van der Waals surface area (Å²) in [6, 6.07) is 15.3. The molecular weight excluding hydrogens is 356 g/mol. The van der Waals surface area contributed by atoms with Crippen LogP contribution in [0.15, 0.2) is 48.5 Å². The minimum Gasteiger partial charge on any atom is -0.492 e. The van der Waals surface area contributed by atoms with E-state index in [9.17, 15) is 4.79 Å². The number of morpholine rings is 1. The lowest BCUT2D eigenvalue weighted by molar-refractivity contribution is 0.0322. The third kappa shape index (κ3) is 6.34. The molecule has 0 radical (unpaired) electrons. The molecule has 0 unspecified atom stereocenters. The van der Waals surface area contributed by atoms with Crippen LogP contribution in [-0.4, -0.2) is 57.4 Å². The van der Waals surface area contributed by atoms with Crippen molar-refractivity contribution >= 4 is 5.91 Å². The van der Waals surface area contributed by atoms with Crippen LogP contribution in [0, 0.1) is 0 Å². The van der Waals surface area contributed by atoms with Crippen molar-refractivity contribution < 1.29 is 19.0 Å². The van der Waals surface area contributed by atoms with Crippen molar-refractivity contribution in [1.29, 1.82) is 0 Å². The van der Waals surface area contributed by atoms with E-state index in [1.807, 2.05) is 48.5 Å². The van der Waals surface area contributed by atoms with Crippen LogP contribution in [0.25, 0.3) is 0 Å². The fraction of sp³-hybridized carbons (Fsp3) is 0.409. The topological polar surface area (TPSA) is 60.0 Å². The van der Waals surface area contributed by atoms with Crippen LogP contribution in [0.3, 0.4) is 0 Å². The van der Waals surface area contributed by atoms with Gasteiger partial charge in [-0.2, -0.15) is 0 Å². The second-order valence-electron chi connectivity index (χ2n) is 6.76. The van der Waals surface area contributed by atoms with E-state index < -0.39 is 0 Å². The zero-order valence-electron chi connectivity index (χ0n) is 16.4. The number of amides is 1. The van der Waals surface area contributed by atoms with Crippen LogP contribution in [-0.2, 0) is 22.6 Å². The van der Waals surface area contributed by atoms with Crippen LogP contribution in [0.2, 0.25) is 0 Å². The highest BCUT2D eigenvalue weighted by Gasteiger charge is 2.10. The van der Waals surface area contributed by atoms with Crippen molar-refractivity contribution in [2.75, 3.05) is 46.6 Å². The van der Waals surface area contributed by atoms with Crippen LogP contribution in [0.1, 0.15) is 21.5 Å². The first-order valence-electron chi connectivity index (χ1n) is 9.62. The summed E-state index contributed by atoms with van der Waals surface area (Å²) in [7, 11) is 1.65. The highest BCUT2D eigenvalue weighted by Crippen LogP contribution is 2.14. The van der Waals surface area contributed by atoms with Gasteiger partial charge < -0.3 is 19.5 Å². The van der Waals surface area contributed by atoms with Crippen molar-refractivity contribution in [2.24, 2.45) is 0 Å². The summed E-state index contributed by atoms with van der Waals surface area (Å²) in [4.78, 5) is 14.7. The Hall–Kier alpha value is -2.41. The Kier molecular flexibility index (Phi) is 7.84. The minimum absolute atomic E-state index is 0.0948. The van der Waals surface area contributed by atoms with Crippen LogP contribution < -0.4 is 10.1 Å². The summed E-state index contributed by atoms with van der Waals surface area (Å²) in [5.41, 5.74) is 2.69. The van der Waals surface area contributed by atoms with Gasteiger partial charge in [0.05, 0.1) is 19.8 Å². The minimum atomic E-state index is -0.0948. The number of nitrogens with zero attached hydrogens (tertiary/aromatic N) is 1. The SMILES string of the molecule is COCc1ccc(C(=O)NCc2cccc(OCCN3CCOCC3)c2)cc1. The number of carbonyl (C=O) groups is 1. The lowest BCUT2D eigenvalue weighted by Crippen LogP contribution is -2.38. The maximum absolute atomic E-state index is 12.3. The van der Waals surface area contributed by atoms with Gasteiger partial charge in [0.2, 0.25) is 0 Å². The molecule has 3 rings (SSSR count). The molecule has 6 nitrogen and oxygen atoms in total. The molecule has 0 aliphatic carbocycles. The first-order chi connectivity index (χ1) is 13.7. The average Bonchev–Trinajstić information content (AvgIpc) is 2.74. The van der Waals surface area contributed by atoms with Crippen molar-refractivity contribution in [2.45, 2.75) is 13.2 Å². The molecule has 6 heteroatoms. The largest absolute Gasteiger partial charge is 0.492 e. The van der Waals surface area contributed by atoms with Gasteiger partial charge in [-0.05, 0) is 35.4 Å². The molecule has 0 bridgehead atoms. The third-order valence-electron chi connectivity index (χ3n) is 4.66. The molecule has 150 valence electrons. The van der Waals surface area contributed by atoms with Crippen LogP contribution in [0.4, 0.5) is 0 Å². The van der Waals surface area contributed by atoms with E-state index in [0.717, 1.165) is 49.7 Å². The lowest BCUT2D eigenvalue weighted by atomic mass is 10.1. The highest BCUT2D eigenvalue weighted by molar-refractivity contribution is 5.94. The lowest BCUT2D eigenvalue weighted by Gasteiger charge is -2.26. The standard InChI is InChI=1S/C22H28N2O4/c1-26-17-18-5-7-20(8-6-18)22(25)23-16-19-3-2-4-21(15-19)28-14-11-24-9-12-27-13-10-24/h2-8,15H,9-14,16-17H2,1H3,(H,23,25). The number of hydrogen-bond donors (Lipinski definition) is 1. The molecule has 1 aliphatic heterocycles. The maximum Gasteiger partial charge on any atom is 0.251 e. The Bertz CT molecular complexity index is 742. The van der Waals surface area contributed by atoms with Crippen molar-refractivity contribution in [3.8, 4) is 5.75 Å². The van der Waals surface area contributed by atoms with E-state index in [0.29, 0.717) is 25.3 Å². The number of rotatable bonds is 9. The van der Waals surface area contributed by atoms with Crippen LogP contribution in [0.5, 0.6) is 5.75 Å². The van der Waals surface area contributed by atoms with E-state index >= 15 is 0 Å². The molecule has 1 amide bonds. The number of methoxy groups -OCH3 is 1. The van der Waals surface area contributed by atoms with E-state index in [2.05, 4.69) is 10.2 Å². The van der Waals surface area contributed by atoms with Gasteiger partial charge in [-0.1, -0.05) is 24.3 Å². The summed E-state index contributed by atoms with van der Waals surface area (Å²) < 4.78 is 16.3. The Morgan fingerprint density at radius 3 is 2.64 bits per heavy atom. The number of hydrogen-bond acceptors (Lipinski definition) is 5. The summed E-state index contributed by atoms with van der Waals surface area (Å²) in [6.45, 7) is 6.05. The predicted octanol–water partition coefficient (Wildman–Crippen LogP) is 2.47. The van der Waals surface area contributed by atoms with Gasteiger partial charge in [-0.15, -0.1) is 0 Å². The maximum atomic E-state index is 12.3. The summed E-state index contributed by atoms with van der Waals surface area (Å²) in [6.07, 6.45) is 0. The van der Waals surface area contributed by atoms with Crippen molar-refractivity contribution in [3.63, 3.8) is 0 Å². The second kappa shape index (κ2) is 10.8. The predicted molar refractivity (Wildman–Crippen MR) is 108 cm³/mol. The van der Waals surface area contributed by atoms with Gasteiger partial charge in [0.15, 0.2) is 0 Å². The first-order valence-corrected chi connectivity index (χ1v) is 9.62. The fourth-order valence-electron chi connectivity index (χ4n) is 3.07. The van der Waals surface area contributed by atoms with Gasteiger partial charge in [0, 0.05) is 38.9 Å². The molecule has 1 saturated heterocycles. The fourth-order valence-corrected chi connectivity index (χ4v) is 3.07.